The average molecular weight is 255 g/mol. The van der Waals surface area contributed by atoms with E-state index in [4.69, 9.17) is 4.74 Å². The Morgan fingerprint density at radius 2 is 2.21 bits per heavy atom. The summed E-state index contributed by atoms with van der Waals surface area (Å²) in [5, 5.41) is 0. The zero-order chi connectivity index (χ0) is 10.6. The molecule has 0 aliphatic heterocycles. The number of aryl methyl sites for hydroxylation is 1. The molecule has 1 nitrogen and oxygen atoms in total. The summed E-state index contributed by atoms with van der Waals surface area (Å²) in [6.45, 7) is 8.60. The van der Waals surface area contributed by atoms with Crippen LogP contribution in [0, 0.1) is 6.92 Å². The highest BCUT2D eigenvalue weighted by atomic mass is 79.9. The molecule has 0 spiro atoms. The Morgan fingerprint density at radius 3 is 2.79 bits per heavy atom. The van der Waals surface area contributed by atoms with E-state index in [0.717, 1.165) is 22.2 Å². The lowest BCUT2D eigenvalue weighted by Crippen LogP contribution is -1.97. The third-order valence-corrected chi connectivity index (χ3v) is 2.82. The predicted octanol–water partition coefficient (Wildman–Crippen LogP) is 4.10. The molecule has 0 atom stereocenters. The Hall–Kier alpha value is -0.760. The first-order valence-corrected chi connectivity index (χ1v) is 5.42. The molecular weight excluding hydrogens is 240 g/mol. The van der Waals surface area contributed by atoms with Gasteiger partial charge in [-0.05, 0) is 37.6 Å². The van der Waals surface area contributed by atoms with Crippen molar-refractivity contribution in [2.45, 2.75) is 20.3 Å². The van der Waals surface area contributed by atoms with Crippen molar-refractivity contribution in [2.24, 2.45) is 0 Å². The fraction of sp³-hybridized carbons (Fsp3) is 0.333. The first-order chi connectivity index (χ1) is 6.59. The van der Waals surface area contributed by atoms with Gasteiger partial charge in [0.1, 0.15) is 5.75 Å². The molecule has 2 heteroatoms. The van der Waals surface area contributed by atoms with Gasteiger partial charge < -0.3 is 4.74 Å². The van der Waals surface area contributed by atoms with Crippen LogP contribution in [0.5, 0.6) is 5.75 Å². The van der Waals surface area contributed by atoms with Crippen LogP contribution in [0.4, 0.5) is 0 Å². The zero-order valence-electron chi connectivity index (χ0n) is 8.64. The van der Waals surface area contributed by atoms with E-state index in [1.165, 1.54) is 5.56 Å². The van der Waals surface area contributed by atoms with Gasteiger partial charge in [-0.1, -0.05) is 21.5 Å². The molecule has 1 aromatic carbocycles. The van der Waals surface area contributed by atoms with Gasteiger partial charge in [-0.3, -0.25) is 0 Å². The van der Waals surface area contributed by atoms with Crippen molar-refractivity contribution >= 4 is 15.9 Å². The minimum Gasteiger partial charge on any atom is -0.493 e. The highest BCUT2D eigenvalue weighted by molar-refractivity contribution is 9.10. The fourth-order valence-corrected chi connectivity index (χ4v) is 1.30. The molecule has 0 N–H and O–H groups in total. The van der Waals surface area contributed by atoms with Gasteiger partial charge in [0, 0.05) is 10.9 Å². The molecule has 0 bridgehead atoms. The van der Waals surface area contributed by atoms with Gasteiger partial charge in [-0.2, -0.15) is 0 Å². The number of hydrogen-bond donors (Lipinski definition) is 0. The van der Waals surface area contributed by atoms with E-state index >= 15 is 0 Å². The van der Waals surface area contributed by atoms with Crippen LogP contribution in [-0.2, 0) is 0 Å². The van der Waals surface area contributed by atoms with Crippen molar-refractivity contribution < 1.29 is 4.74 Å². The molecule has 76 valence electrons. The lowest BCUT2D eigenvalue weighted by atomic mass is 10.2. The standard InChI is InChI=1S/C12H15BrO/c1-9(2)6-7-14-11-4-5-12(13)10(3)8-11/h4-5,8H,1,6-7H2,2-3H3. The van der Waals surface area contributed by atoms with E-state index in [-0.39, 0.29) is 0 Å². The molecule has 0 radical (unpaired) electrons. The summed E-state index contributed by atoms with van der Waals surface area (Å²) in [5.74, 6) is 0.923. The highest BCUT2D eigenvalue weighted by Gasteiger charge is 1.97. The van der Waals surface area contributed by atoms with Gasteiger partial charge in [0.05, 0.1) is 6.61 Å². The maximum absolute atomic E-state index is 5.57. The molecule has 0 heterocycles. The Kier molecular flexibility index (Phi) is 4.21. The quantitative estimate of drug-likeness (QED) is 0.736. The molecule has 0 amide bonds. The van der Waals surface area contributed by atoms with Gasteiger partial charge in [0.15, 0.2) is 0 Å². The molecule has 1 rings (SSSR count). The van der Waals surface area contributed by atoms with E-state index < -0.39 is 0 Å². The second-order valence-electron chi connectivity index (χ2n) is 3.47. The average Bonchev–Trinajstić information content (AvgIpc) is 2.10. The van der Waals surface area contributed by atoms with Gasteiger partial charge >= 0.3 is 0 Å². The normalized spacial score (nSPS) is 9.93. The Labute approximate surface area is 93.9 Å². The summed E-state index contributed by atoms with van der Waals surface area (Å²) < 4.78 is 6.69. The number of ether oxygens (including phenoxy) is 1. The third kappa shape index (κ3) is 3.54. The molecule has 0 fully saturated rings. The minimum absolute atomic E-state index is 0.705. The van der Waals surface area contributed by atoms with Crippen LogP contribution in [-0.4, -0.2) is 6.61 Å². The molecule has 1 aromatic rings. The smallest absolute Gasteiger partial charge is 0.119 e. The van der Waals surface area contributed by atoms with Crippen molar-refractivity contribution in [1.29, 1.82) is 0 Å². The van der Waals surface area contributed by atoms with Crippen LogP contribution in [0.1, 0.15) is 18.9 Å². The summed E-state index contributed by atoms with van der Waals surface area (Å²) in [5.41, 5.74) is 2.34. The summed E-state index contributed by atoms with van der Waals surface area (Å²) in [6.07, 6.45) is 0.912. The summed E-state index contributed by atoms with van der Waals surface area (Å²) in [4.78, 5) is 0. The lowest BCUT2D eigenvalue weighted by molar-refractivity contribution is 0.321. The fourth-order valence-electron chi connectivity index (χ4n) is 1.05. The number of rotatable bonds is 4. The van der Waals surface area contributed by atoms with Crippen molar-refractivity contribution in [1.82, 2.24) is 0 Å². The number of benzene rings is 1. The van der Waals surface area contributed by atoms with Crippen molar-refractivity contribution in [3.63, 3.8) is 0 Å². The van der Waals surface area contributed by atoms with Gasteiger partial charge in [0.25, 0.3) is 0 Å². The van der Waals surface area contributed by atoms with Crippen molar-refractivity contribution in [2.75, 3.05) is 6.61 Å². The SMILES string of the molecule is C=C(C)CCOc1ccc(Br)c(C)c1. The topological polar surface area (TPSA) is 9.23 Å². The van der Waals surface area contributed by atoms with Crippen LogP contribution in [0.15, 0.2) is 34.8 Å². The van der Waals surface area contributed by atoms with E-state index in [1.807, 2.05) is 25.1 Å². The van der Waals surface area contributed by atoms with Crippen LogP contribution < -0.4 is 4.74 Å². The van der Waals surface area contributed by atoms with E-state index in [2.05, 4.69) is 29.4 Å². The first-order valence-electron chi connectivity index (χ1n) is 4.63. The third-order valence-electron chi connectivity index (χ3n) is 1.93. The minimum atomic E-state index is 0.705. The van der Waals surface area contributed by atoms with E-state index in [9.17, 15) is 0 Å². The molecule has 14 heavy (non-hydrogen) atoms. The molecule has 0 aromatic heterocycles. The van der Waals surface area contributed by atoms with Gasteiger partial charge in [-0.15, -0.1) is 6.58 Å². The second-order valence-corrected chi connectivity index (χ2v) is 4.32. The Bertz CT molecular complexity index is 331. The Balaban J connectivity index is 2.51. The predicted molar refractivity (Wildman–Crippen MR) is 63.8 cm³/mol. The largest absolute Gasteiger partial charge is 0.493 e. The molecule has 0 saturated heterocycles. The van der Waals surface area contributed by atoms with Crippen LogP contribution in [0.3, 0.4) is 0 Å². The second kappa shape index (κ2) is 5.20. The number of halogens is 1. The maximum atomic E-state index is 5.57. The van der Waals surface area contributed by atoms with E-state index in [1.54, 1.807) is 0 Å². The van der Waals surface area contributed by atoms with Crippen molar-refractivity contribution in [3.8, 4) is 5.75 Å². The monoisotopic (exact) mass is 254 g/mol. The maximum Gasteiger partial charge on any atom is 0.119 e. The molecule has 0 aliphatic rings. The highest BCUT2D eigenvalue weighted by Crippen LogP contribution is 2.21. The molecule has 0 unspecified atom stereocenters. The first kappa shape index (κ1) is 11.3. The zero-order valence-corrected chi connectivity index (χ0v) is 10.2. The summed E-state index contributed by atoms with van der Waals surface area (Å²) in [7, 11) is 0. The van der Waals surface area contributed by atoms with E-state index in [0.29, 0.717) is 6.61 Å². The molecule has 0 aliphatic carbocycles. The summed E-state index contributed by atoms with van der Waals surface area (Å²) >= 11 is 3.45. The van der Waals surface area contributed by atoms with Gasteiger partial charge in [-0.25, -0.2) is 0 Å². The number of hydrogen-bond acceptors (Lipinski definition) is 1. The van der Waals surface area contributed by atoms with Crippen molar-refractivity contribution in [3.05, 3.63) is 40.4 Å². The summed E-state index contributed by atoms with van der Waals surface area (Å²) in [6, 6.07) is 6.00. The van der Waals surface area contributed by atoms with Crippen LogP contribution in [0.25, 0.3) is 0 Å². The lowest BCUT2D eigenvalue weighted by Gasteiger charge is -2.07. The van der Waals surface area contributed by atoms with Crippen LogP contribution >= 0.6 is 15.9 Å². The molecular formula is C12H15BrO. The Morgan fingerprint density at radius 1 is 1.50 bits per heavy atom. The molecule has 0 saturated carbocycles. The van der Waals surface area contributed by atoms with Crippen LogP contribution in [0.2, 0.25) is 0 Å². The van der Waals surface area contributed by atoms with Gasteiger partial charge in [0.2, 0.25) is 0 Å².